The van der Waals surface area contributed by atoms with Gasteiger partial charge in [0, 0.05) is 31.9 Å². The van der Waals surface area contributed by atoms with Crippen LogP contribution in [-0.2, 0) is 4.74 Å². The third kappa shape index (κ3) is 3.20. The van der Waals surface area contributed by atoms with Crippen LogP contribution in [0.2, 0.25) is 0 Å². The van der Waals surface area contributed by atoms with Gasteiger partial charge in [0.15, 0.2) is 5.69 Å². The molecule has 0 bridgehead atoms. The maximum absolute atomic E-state index is 10.8. The third-order valence-corrected chi connectivity index (χ3v) is 2.11. The zero-order valence-electron chi connectivity index (χ0n) is 9.40. The number of carboxylic acid groups (broad SMARTS) is 1. The Morgan fingerprint density at radius 1 is 1.50 bits per heavy atom. The fourth-order valence-electron chi connectivity index (χ4n) is 1.28. The van der Waals surface area contributed by atoms with Crippen molar-refractivity contribution in [3.8, 4) is 5.75 Å². The van der Waals surface area contributed by atoms with Crippen LogP contribution in [0.15, 0.2) is 12.3 Å². The van der Waals surface area contributed by atoms with E-state index in [1.54, 1.807) is 20.1 Å². The van der Waals surface area contributed by atoms with Gasteiger partial charge in [-0.05, 0) is 13.0 Å². The second-order valence-corrected chi connectivity index (χ2v) is 3.28. The van der Waals surface area contributed by atoms with Crippen molar-refractivity contribution in [2.24, 2.45) is 0 Å². The minimum atomic E-state index is -1.04. The lowest BCUT2D eigenvalue weighted by atomic mass is 10.2. The molecule has 1 aromatic rings. The quantitative estimate of drug-likeness (QED) is 0.743. The molecule has 0 spiro atoms. The predicted octanol–water partition coefficient (Wildman–Crippen LogP) is 1.50. The molecule has 0 saturated heterocycles. The number of nitrogens with zero attached hydrogens (tertiary/aromatic N) is 1. The number of pyridine rings is 1. The van der Waals surface area contributed by atoms with Crippen LogP contribution in [0.3, 0.4) is 0 Å². The van der Waals surface area contributed by atoms with Crippen LogP contribution in [0.4, 0.5) is 0 Å². The van der Waals surface area contributed by atoms with E-state index in [4.69, 9.17) is 14.6 Å². The number of hydrogen-bond donors (Lipinski definition) is 1. The molecule has 0 aromatic carbocycles. The fourth-order valence-corrected chi connectivity index (χ4v) is 1.28. The number of carboxylic acids is 1. The van der Waals surface area contributed by atoms with Crippen LogP contribution in [0, 0.1) is 6.92 Å². The highest BCUT2D eigenvalue weighted by Crippen LogP contribution is 2.19. The summed E-state index contributed by atoms with van der Waals surface area (Å²) in [5.41, 5.74) is 0.580. The largest absolute Gasteiger partial charge is 0.493 e. The number of methoxy groups -OCH3 is 1. The molecule has 1 N–H and O–H groups in total. The van der Waals surface area contributed by atoms with Crippen LogP contribution in [-0.4, -0.2) is 36.4 Å². The monoisotopic (exact) mass is 225 g/mol. The minimum Gasteiger partial charge on any atom is -0.493 e. The topological polar surface area (TPSA) is 68.7 Å². The van der Waals surface area contributed by atoms with Gasteiger partial charge in [0.2, 0.25) is 0 Å². The van der Waals surface area contributed by atoms with E-state index < -0.39 is 5.97 Å². The Balaban J connectivity index is 2.66. The van der Waals surface area contributed by atoms with Crippen molar-refractivity contribution in [1.82, 2.24) is 4.98 Å². The zero-order valence-corrected chi connectivity index (χ0v) is 9.40. The highest BCUT2D eigenvalue weighted by atomic mass is 16.5. The van der Waals surface area contributed by atoms with Crippen LogP contribution >= 0.6 is 0 Å². The van der Waals surface area contributed by atoms with Crippen molar-refractivity contribution < 1.29 is 19.4 Å². The van der Waals surface area contributed by atoms with Crippen LogP contribution in [0.5, 0.6) is 5.75 Å². The number of ether oxygens (including phenoxy) is 2. The van der Waals surface area contributed by atoms with E-state index in [9.17, 15) is 4.79 Å². The summed E-state index contributed by atoms with van der Waals surface area (Å²) < 4.78 is 10.3. The van der Waals surface area contributed by atoms with Crippen molar-refractivity contribution in [3.05, 3.63) is 23.5 Å². The molecule has 0 atom stereocenters. The van der Waals surface area contributed by atoms with Crippen LogP contribution in [0.1, 0.15) is 22.5 Å². The van der Waals surface area contributed by atoms with Gasteiger partial charge in [0.1, 0.15) is 5.75 Å². The molecule has 0 aliphatic carbocycles. The Bertz CT molecular complexity index is 365. The summed E-state index contributed by atoms with van der Waals surface area (Å²) in [5, 5.41) is 8.86. The maximum atomic E-state index is 10.8. The van der Waals surface area contributed by atoms with Gasteiger partial charge in [0.25, 0.3) is 0 Å². The van der Waals surface area contributed by atoms with E-state index in [0.717, 1.165) is 6.42 Å². The Morgan fingerprint density at radius 3 is 2.88 bits per heavy atom. The van der Waals surface area contributed by atoms with Gasteiger partial charge in [-0.2, -0.15) is 0 Å². The zero-order chi connectivity index (χ0) is 12.0. The maximum Gasteiger partial charge on any atom is 0.354 e. The molecule has 1 aromatic heterocycles. The Kier molecular flexibility index (Phi) is 4.72. The Labute approximate surface area is 94.0 Å². The van der Waals surface area contributed by atoms with Gasteiger partial charge < -0.3 is 14.6 Å². The number of aromatic nitrogens is 1. The number of rotatable bonds is 6. The van der Waals surface area contributed by atoms with E-state index in [1.165, 1.54) is 6.20 Å². The molecule has 0 unspecified atom stereocenters. The van der Waals surface area contributed by atoms with Gasteiger partial charge in [-0.15, -0.1) is 0 Å². The molecule has 0 aliphatic heterocycles. The number of carbonyl (C=O) groups is 1. The second-order valence-electron chi connectivity index (χ2n) is 3.28. The van der Waals surface area contributed by atoms with Crippen LogP contribution in [0.25, 0.3) is 0 Å². The molecular formula is C11H15NO4. The van der Waals surface area contributed by atoms with Gasteiger partial charge in [-0.25, -0.2) is 9.78 Å². The lowest BCUT2D eigenvalue weighted by molar-refractivity contribution is 0.0689. The highest BCUT2D eigenvalue weighted by molar-refractivity contribution is 5.87. The molecule has 5 heteroatoms. The summed E-state index contributed by atoms with van der Waals surface area (Å²) >= 11 is 0. The molecule has 5 nitrogen and oxygen atoms in total. The summed E-state index contributed by atoms with van der Waals surface area (Å²) in [6.07, 6.45) is 2.20. The van der Waals surface area contributed by atoms with Crippen molar-refractivity contribution in [3.63, 3.8) is 0 Å². The SMILES string of the molecule is COCCCOc1ccnc(C(=O)O)c1C. The van der Waals surface area contributed by atoms with E-state index in [1.807, 2.05) is 0 Å². The molecule has 16 heavy (non-hydrogen) atoms. The first-order valence-electron chi connectivity index (χ1n) is 4.97. The highest BCUT2D eigenvalue weighted by Gasteiger charge is 2.12. The van der Waals surface area contributed by atoms with E-state index in [0.29, 0.717) is 24.5 Å². The molecular weight excluding hydrogens is 210 g/mol. The lowest BCUT2D eigenvalue weighted by Crippen LogP contribution is -2.07. The van der Waals surface area contributed by atoms with E-state index in [-0.39, 0.29) is 5.69 Å². The molecule has 1 rings (SSSR count). The van der Waals surface area contributed by atoms with Crippen LogP contribution < -0.4 is 4.74 Å². The minimum absolute atomic E-state index is 0.0317. The summed E-state index contributed by atoms with van der Waals surface area (Å²) in [5.74, 6) is -0.483. The number of aromatic carboxylic acids is 1. The molecule has 1 heterocycles. The molecule has 88 valence electrons. The van der Waals surface area contributed by atoms with Crippen molar-refractivity contribution in [1.29, 1.82) is 0 Å². The van der Waals surface area contributed by atoms with Gasteiger partial charge >= 0.3 is 5.97 Å². The smallest absolute Gasteiger partial charge is 0.354 e. The van der Waals surface area contributed by atoms with Gasteiger partial charge in [-0.1, -0.05) is 0 Å². The average molecular weight is 225 g/mol. The number of hydrogen-bond acceptors (Lipinski definition) is 4. The summed E-state index contributed by atoms with van der Waals surface area (Å²) in [6.45, 7) is 2.80. The molecule has 0 radical (unpaired) electrons. The standard InChI is InChI=1S/C11H15NO4/c1-8-9(16-7-3-6-15-2)4-5-12-10(8)11(13)14/h4-5H,3,6-7H2,1-2H3,(H,13,14). The normalized spacial score (nSPS) is 10.1. The second kappa shape index (κ2) is 6.07. The first-order chi connectivity index (χ1) is 7.66. The summed E-state index contributed by atoms with van der Waals surface area (Å²) in [6, 6.07) is 1.66. The summed E-state index contributed by atoms with van der Waals surface area (Å²) in [7, 11) is 1.63. The molecule has 0 amide bonds. The van der Waals surface area contributed by atoms with E-state index >= 15 is 0 Å². The van der Waals surface area contributed by atoms with Crippen molar-refractivity contribution >= 4 is 5.97 Å². The average Bonchev–Trinajstić information content (AvgIpc) is 2.26. The Morgan fingerprint density at radius 2 is 2.25 bits per heavy atom. The molecule has 0 aliphatic rings. The summed E-state index contributed by atoms with van der Waals surface area (Å²) in [4.78, 5) is 14.6. The van der Waals surface area contributed by atoms with Gasteiger partial charge in [0.05, 0.1) is 6.61 Å². The molecule has 0 saturated carbocycles. The Hall–Kier alpha value is -1.62. The first kappa shape index (κ1) is 12.4. The van der Waals surface area contributed by atoms with Crippen molar-refractivity contribution in [2.45, 2.75) is 13.3 Å². The molecule has 0 fully saturated rings. The fraction of sp³-hybridized carbons (Fsp3) is 0.455. The lowest BCUT2D eigenvalue weighted by Gasteiger charge is -2.09. The van der Waals surface area contributed by atoms with Crippen molar-refractivity contribution in [2.75, 3.05) is 20.3 Å². The first-order valence-corrected chi connectivity index (χ1v) is 4.97. The van der Waals surface area contributed by atoms with Gasteiger partial charge in [-0.3, -0.25) is 0 Å². The van der Waals surface area contributed by atoms with E-state index in [2.05, 4.69) is 4.98 Å². The third-order valence-electron chi connectivity index (χ3n) is 2.11. The predicted molar refractivity (Wildman–Crippen MR) is 57.9 cm³/mol.